The summed E-state index contributed by atoms with van der Waals surface area (Å²) in [5, 5.41) is 0.641. The number of benzene rings is 2. The van der Waals surface area contributed by atoms with Crippen LogP contribution in [0.15, 0.2) is 48.5 Å². The van der Waals surface area contributed by atoms with Gasteiger partial charge in [0.25, 0.3) is 0 Å². The summed E-state index contributed by atoms with van der Waals surface area (Å²) >= 11 is 5.93. The van der Waals surface area contributed by atoms with Gasteiger partial charge in [0.05, 0.1) is 6.61 Å². The van der Waals surface area contributed by atoms with E-state index in [-0.39, 0.29) is 12.4 Å². The summed E-state index contributed by atoms with van der Waals surface area (Å²) in [6.07, 6.45) is 1.11. The largest absolute Gasteiger partial charge is 0.465 e. The molecule has 0 N–H and O–H groups in total. The van der Waals surface area contributed by atoms with Gasteiger partial charge in [0, 0.05) is 10.6 Å². The number of hydrogen-bond acceptors (Lipinski definition) is 3. The van der Waals surface area contributed by atoms with Crippen molar-refractivity contribution >= 4 is 23.4 Å². The number of carbonyl (C=O) groups is 2. The lowest BCUT2D eigenvalue weighted by Crippen LogP contribution is -2.28. The minimum absolute atomic E-state index is 0.151. The van der Waals surface area contributed by atoms with Gasteiger partial charge in [-0.3, -0.25) is 9.59 Å². The maximum absolute atomic E-state index is 13.0. The van der Waals surface area contributed by atoms with Crippen LogP contribution < -0.4 is 0 Å². The first-order chi connectivity index (χ1) is 11.1. The maximum Gasteiger partial charge on any atom is 0.320 e. The maximum atomic E-state index is 13.0. The van der Waals surface area contributed by atoms with Crippen LogP contribution in [0.1, 0.15) is 30.1 Å². The van der Waals surface area contributed by atoms with E-state index in [1.165, 1.54) is 0 Å². The van der Waals surface area contributed by atoms with Crippen LogP contribution in [0.5, 0.6) is 0 Å². The van der Waals surface area contributed by atoms with Crippen LogP contribution in [0.4, 0.5) is 0 Å². The molecule has 1 aliphatic carbocycles. The van der Waals surface area contributed by atoms with Crippen molar-refractivity contribution in [2.45, 2.75) is 19.8 Å². The predicted molar refractivity (Wildman–Crippen MR) is 89.5 cm³/mol. The van der Waals surface area contributed by atoms with Crippen LogP contribution in [0.3, 0.4) is 0 Å². The van der Waals surface area contributed by atoms with Crippen molar-refractivity contribution in [3.63, 3.8) is 0 Å². The molecule has 0 aliphatic heterocycles. The first kappa shape index (κ1) is 15.8. The van der Waals surface area contributed by atoms with E-state index in [9.17, 15) is 9.59 Å². The van der Waals surface area contributed by atoms with Crippen molar-refractivity contribution in [3.05, 3.63) is 59.1 Å². The van der Waals surface area contributed by atoms with Crippen LogP contribution in [-0.4, -0.2) is 18.4 Å². The Hall–Kier alpha value is -2.13. The Labute approximate surface area is 140 Å². The molecule has 1 aliphatic rings. The number of halogens is 1. The van der Waals surface area contributed by atoms with Crippen LogP contribution in [0.2, 0.25) is 5.02 Å². The molecule has 0 bridgehead atoms. The molecular weight excluding hydrogens is 312 g/mol. The SMILES string of the molecule is CCOC(=O)C1(C(=O)c2ccccc2-c2ccc(Cl)cc2)CC1. The molecule has 23 heavy (non-hydrogen) atoms. The zero-order valence-electron chi connectivity index (χ0n) is 12.8. The summed E-state index contributed by atoms with van der Waals surface area (Å²) in [5.74, 6) is -0.558. The predicted octanol–water partition coefficient (Wildman–Crippen LogP) is 4.53. The van der Waals surface area contributed by atoms with Gasteiger partial charge >= 0.3 is 5.97 Å². The average Bonchev–Trinajstić information content (AvgIpc) is 3.37. The van der Waals surface area contributed by atoms with E-state index in [1.807, 2.05) is 30.3 Å². The van der Waals surface area contributed by atoms with E-state index in [1.54, 1.807) is 25.1 Å². The molecule has 3 nitrogen and oxygen atoms in total. The fourth-order valence-corrected chi connectivity index (χ4v) is 2.86. The van der Waals surface area contributed by atoms with Gasteiger partial charge in [0.1, 0.15) is 5.41 Å². The zero-order chi connectivity index (χ0) is 16.4. The highest BCUT2D eigenvalue weighted by molar-refractivity contribution is 6.30. The summed E-state index contributed by atoms with van der Waals surface area (Å²) in [4.78, 5) is 25.2. The summed E-state index contributed by atoms with van der Waals surface area (Å²) in [6.45, 7) is 2.03. The van der Waals surface area contributed by atoms with Gasteiger partial charge in [-0.2, -0.15) is 0 Å². The smallest absolute Gasteiger partial charge is 0.320 e. The number of carbonyl (C=O) groups excluding carboxylic acids is 2. The molecule has 0 unspecified atom stereocenters. The molecule has 2 aromatic carbocycles. The quantitative estimate of drug-likeness (QED) is 0.460. The number of ether oxygens (including phenoxy) is 1. The molecule has 0 spiro atoms. The Balaban J connectivity index is 1.99. The second-order valence-corrected chi connectivity index (χ2v) is 6.12. The monoisotopic (exact) mass is 328 g/mol. The summed E-state index contributed by atoms with van der Waals surface area (Å²) < 4.78 is 5.10. The second kappa shape index (κ2) is 6.17. The van der Waals surface area contributed by atoms with Crippen molar-refractivity contribution in [3.8, 4) is 11.1 Å². The van der Waals surface area contributed by atoms with E-state index in [4.69, 9.17) is 16.3 Å². The van der Waals surface area contributed by atoms with E-state index in [2.05, 4.69) is 0 Å². The highest BCUT2D eigenvalue weighted by Gasteiger charge is 2.58. The summed E-state index contributed by atoms with van der Waals surface area (Å²) in [7, 11) is 0. The van der Waals surface area contributed by atoms with E-state index < -0.39 is 11.4 Å². The molecule has 1 fully saturated rings. The Bertz CT molecular complexity index is 745. The molecule has 0 heterocycles. The average molecular weight is 329 g/mol. The van der Waals surface area contributed by atoms with Crippen molar-refractivity contribution in [2.24, 2.45) is 5.41 Å². The van der Waals surface area contributed by atoms with Crippen LogP contribution in [0, 0.1) is 5.41 Å². The third kappa shape index (κ3) is 2.89. The van der Waals surface area contributed by atoms with Gasteiger partial charge in [-0.1, -0.05) is 48.0 Å². The van der Waals surface area contributed by atoms with Crippen LogP contribution >= 0.6 is 11.6 Å². The third-order valence-corrected chi connectivity index (χ3v) is 4.43. The molecule has 0 amide bonds. The van der Waals surface area contributed by atoms with Gasteiger partial charge in [0.15, 0.2) is 5.78 Å². The number of rotatable bonds is 5. The van der Waals surface area contributed by atoms with Crippen molar-refractivity contribution in [1.29, 1.82) is 0 Å². The molecule has 0 aromatic heterocycles. The Morgan fingerprint density at radius 2 is 1.74 bits per heavy atom. The Morgan fingerprint density at radius 1 is 1.09 bits per heavy atom. The third-order valence-electron chi connectivity index (χ3n) is 4.18. The fourth-order valence-electron chi connectivity index (χ4n) is 2.74. The number of ketones is 1. The lowest BCUT2D eigenvalue weighted by molar-refractivity contribution is -0.147. The molecule has 0 radical (unpaired) electrons. The number of esters is 1. The highest BCUT2D eigenvalue weighted by Crippen LogP contribution is 2.50. The van der Waals surface area contributed by atoms with E-state index in [0.717, 1.165) is 11.1 Å². The van der Waals surface area contributed by atoms with E-state index >= 15 is 0 Å². The number of Topliss-reactive ketones (excluding diaryl/α,β-unsaturated/α-hetero) is 1. The first-order valence-corrected chi connectivity index (χ1v) is 8.03. The molecular formula is C19H17ClO3. The van der Waals surface area contributed by atoms with Crippen molar-refractivity contribution < 1.29 is 14.3 Å². The van der Waals surface area contributed by atoms with Crippen LogP contribution in [0.25, 0.3) is 11.1 Å². The first-order valence-electron chi connectivity index (χ1n) is 7.65. The van der Waals surface area contributed by atoms with Gasteiger partial charge in [-0.15, -0.1) is 0 Å². The fraction of sp³-hybridized carbons (Fsp3) is 0.263. The highest BCUT2D eigenvalue weighted by atomic mass is 35.5. The minimum Gasteiger partial charge on any atom is -0.465 e. The van der Waals surface area contributed by atoms with Gasteiger partial charge in [0.2, 0.25) is 0 Å². The lowest BCUT2D eigenvalue weighted by atomic mass is 9.89. The molecule has 3 rings (SSSR count). The minimum atomic E-state index is -0.988. The zero-order valence-corrected chi connectivity index (χ0v) is 13.6. The van der Waals surface area contributed by atoms with Gasteiger partial charge in [-0.25, -0.2) is 0 Å². The van der Waals surface area contributed by atoms with Crippen molar-refractivity contribution in [1.82, 2.24) is 0 Å². The van der Waals surface area contributed by atoms with Crippen molar-refractivity contribution in [2.75, 3.05) is 6.61 Å². The second-order valence-electron chi connectivity index (χ2n) is 5.68. The molecule has 0 saturated heterocycles. The summed E-state index contributed by atoms with van der Waals surface area (Å²) in [5.41, 5.74) is 1.28. The Kier molecular flexibility index (Phi) is 4.22. The summed E-state index contributed by atoms with van der Waals surface area (Å²) in [6, 6.07) is 14.7. The molecule has 4 heteroatoms. The van der Waals surface area contributed by atoms with Gasteiger partial charge < -0.3 is 4.74 Å². The topological polar surface area (TPSA) is 43.4 Å². The van der Waals surface area contributed by atoms with E-state index in [0.29, 0.717) is 23.4 Å². The number of hydrogen-bond donors (Lipinski definition) is 0. The molecule has 2 aromatic rings. The molecule has 1 saturated carbocycles. The lowest BCUT2D eigenvalue weighted by Gasteiger charge is -2.15. The van der Waals surface area contributed by atoms with Gasteiger partial charge in [-0.05, 0) is 43.0 Å². The Morgan fingerprint density at radius 3 is 2.35 bits per heavy atom. The molecule has 118 valence electrons. The standard InChI is InChI=1S/C19H17ClO3/c1-2-23-18(22)19(11-12-19)17(21)16-6-4-3-5-15(16)13-7-9-14(20)10-8-13/h3-10H,2,11-12H2,1H3. The normalized spacial score (nSPS) is 15.0. The molecule has 0 atom stereocenters. The van der Waals surface area contributed by atoms with Crippen LogP contribution in [-0.2, 0) is 9.53 Å².